The minimum atomic E-state index is -0.342. The number of aryl methyl sites for hydroxylation is 1. The molecular weight excluding hydrogens is 292 g/mol. The number of carbonyl (C=O) groups excluding carboxylic acids is 2. The molecule has 124 valence electrons. The van der Waals surface area contributed by atoms with Gasteiger partial charge in [-0.2, -0.15) is 0 Å². The molecule has 1 aromatic carbocycles. The lowest BCUT2D eigenvalue weighted by Crippen LogP contribution is -2.45. The Morgan fingerprint density at radius 3 is 2.78 bits per heavy atom. The monoisotopic (exact) mass is 316 g/mol. The first-order valence-corrected chi connectivity index (χ1v) is 8.34. The highest BCUT2D eigenvalue weighted by molar-refractivity contribution is 5.90. The minimum Gasteiger partial charge on any atom is -0.381 e. The Kier molecular flexibility index (Phi) is 4.96. The van der Waals surface area contributed by atoms with Crippen LogP contribution in [0.1, 0.15) is 30.4 Å². The quantitative estimate of drug-likeness (QED) is 0.898. The zero-order valence-corrected chi connectivity index (χ0v) is 13.6. The Hall–Kier alpha value is -1.88. The standard InChI is InChI=1S/C18H24N2O3/c1-13-2-4-14(5-3-13)11-20-16(6-7-17(20)21)18(22)19-10-15-8-9-23-12-15/h2-5,15-16H,6-12H2,1H3,(H,19,22)/t15-,16+/m1/s1. The number of hydrogen-bond acceptors (Lipinski definition) is 3. The van der Waals surface area contributed by atoms with E-state index < -0.39 is 0 Å². The zero-order valence-electron chi connectivity index (χ0n) is 13.6. The van der Waals surface area contributed by atoms with Crippen LogP contribution in [0.15, 0.2) is 24.3 Å². The van der Waals surface area contributed by atoms with Gasteiger partial charge in [0.15, 0.2) is 0 Å². The maximum Gasteiger partial charge on any atom is 0.242 e. The van der Waals surface area contributed by atoms with Crippen LogP contribution in [0.5, 0.6) is 0 Å². The number of carbonyl (C=O) groups is 2. The van der Waals surface area contributed by atoms with Gasteiger partial charge < -0.3 is 15.0 Å². The third-order valence-electron chi connectivity index (χ3n) is 4.69. The van der Waals surface area contributed by atoms with E-state index >= 15 is 0 Å². The number of ether oxygens (including phenoxy) is 1. The molecule has 5 nitrogen and oxygen atoms in total. The molecule has 0 saturated carbocycles. The van der Waals surface area contributed by atoms with Crippen LogP contribution >= 0.6 is 0 Å². The van der Waals surface area contributed by atoms with E-state index in [4.69, 9.17) is 4.74 Å². The van der Waals surface area contributed by atoms with E-state index in [1.165, 1.54) is 5.56 Å². The minimum absolute atomic E-state index is 0.0325. The molecule has 2 aliphatic rings. The number of nitrogens with zero attached hydrogens (tertiary/aromatic N) is 1. The third-order valence-corrected chi connectivity index (χ3v) is 4.69. The maximum atomic E-state index is 12.5. The fraction of sp³-hybridized carbons (Fsp3) is 0.556. The molecule has 23 heavy (non-hydrogen) atoms. The maximum absolute atomic E-state index is 12.5. The number of nitrogens with one attached hydrogen (secondary N) is 1. The molecule has 2 aliphatic heterocycles. The average molecular weight is 316 g/mol. The van der Waals surface area contributed by atoms with E-state index in [-0.39, 0.29) is 17.9 Å². The Morgan fingerprint density at radius 1 is 1.30 bits per heavy atom. The Balaban J connectivity index is 1.59. The van der Waals surface area contributed by atoms with Crippen molar-refractivity contribution in [3.8, 4) is 0 Å². The Morgan fingerprint density at radius 2 is 2.09 bits per heavy atom. The lowest BCUT2D eigenvalue weighted by Gasteiger charge is -2.24. The summed E-state index contributed by atoms with van der Waals surface area (Å²) in [5.74, 6) is 0.436. The average Bonchev–Trinajstić information content (AvgIpc) is 3.18. The summed E-state index contributed by atoms with van der Waals surface area (Å²) in [5, 5.41) is 3.00. The highest BCUT2D eigenvalue weighted by Gasteiger charge is 2.36. The highest BCUT2D eigenvalue weighted by atomic mass is 16.5. The first-order valence-electron chi connectivity index (χ1n) is 8.34. The van der Waals surface area contributed by atoms with Crippen molar-refractivity contribution in [2.45, 2.75) is 38.8 Å². The second-order valence-electron chi connectivity index (χ2n) is 6.54. The summed E-state index contributed by atoms with van der Waals surface area (Å²) in [6, 6.07) is 7.76. The van der Waals surface area contributed by atoms with Crippen LogP contribution in [0.25, 0.3) is 0 Å². The van der Waals surface area contributed by atoms with Crippen molar-refractivity contribution in [2.24, 2.45) is 5.92 Å². The van der Waals surface area contributed by atoms with Crippen molar-refractivity contribution in [2.75, 3.05) is 19.8 Å². The summed E-state index contributed by atoms with van der Waals surface area (Å²) in [5.41, 5.74) is 2.25. The van der Waals surface area contributed by atoms with E-state index in [1.807, 2.05) is 31.2 Å². The summed E-state index contributed by atoms with van der Waals surface area (Å²) >= 11 is 0. The molecule has 2 heterocycles. The first-order chi connectivity index (χ1) is 11.1. The Labute approximate surface area is 137 Å². The van der Waals surface area contributed by atoms with Gasteiger partial charge >= 0.3 is 0 Å². The number of amides is 2. The number of rotatable bonds is 5. The molecule has 5 heteroatoms. The molecule has 0 aliphatic carbocycles. The van der Waals surface area contributed by atoms with Crippen LogP contribution in [0.3, 0.4) is 0 Å². The van der Waals surface area contributed by atoms with Crippen LogP contribution in [0.2, 0.25) is 0 Å². The highest BCUT2D eigenvalue weighted by Crippen LogP contribution is 2.22. The van der Waals surface area contributed by atoms with Crippen molar-refractivity contribution in [1.82, 2.24) is 10.2 Å². The fourth-order valence-corrected chi connectivity index (χ4v) is 3.20. The lowest BCUT2D eigenvalue weighted by molar-refractivity contribution is -0.135. The topological polar surface area (TPSA) is 58.6 Å². The molecule has 2 fully saturated rings. The van der Waals surface area contributed by atoms with Crippen molar-refractivity contribution >= 4 is 11.8 Å². The van der Waals surface area contributed by atoms with Crippen LogP contribution in [0, 0.1) is 12.8 Å². The van der Waals surface area contributed by atoms with Gasteiger partial charge in [0.2, 0.25) is 11.8 Å². The SMILES string of the molecule is Cc1ccc(CN2C(=O)CC[C@H]2C(=O)NC[C@H]2CCOC2)cc1. The van der Waals surface area contributed by atoms with Gasteiger partial charge in [-0.05, 0) is 25.3 Å². The predicted molar refractivity (Wildman–Crippen MR) is 86.7 cm³/mol. The van der Waals surface area contributed by atoms with Crippen molar-refractivity contribution in [3.63, 3.8) is 0 Å². The predicted octanol–water partition coefficient (Wildman–Crippen LogP) is 1.64. The molecule has 1 aromatic rings. The normalized spacial score (nSPS) is 24.2. The molecule has 2 atom stereocenters. The van der Waals surface area contributed by atoms with E-state index in [1.54, 1.807) is 4.90 Å². The summed E-state index contributed by atoms with van der Waals surface area (Å²) in [7, 11) is 0. The summed E-state index contributed by atoms with van der Waals surface area (Å²) in [4.78, 5) is 26.3. The van der Waals surface area contributed by atoms with Gasteiger partial charge in [-0.1, -0.05) is 29.8 Å². The molecule has 0 spiro atoms. The van der Waals surface area contributed by atoms with E-state index in [9.17, 15) is 9.59 Å². The van der Waals surface area contributed by atoms with Gasteiger partial charge in [0.05, 0.1) is 6.61 Å². The van der Waals surface area contributed by atoms with E-state index in [0.29, 0.717) is 31.8 Å². The Bertz CT molecular complexity index is 564. The lowest BCUT2D eigenvalue weighted by atomic mass is 10.1. The molecule has 3 rings (SSSR count). The summed E-state index contributed by atoms with van der Waals surface area (Å²) in [6.07, 6.45) is 2.06. The number of hydrogen-bond donors (Lipinski definition) is 1. The van der Waals surface area contributed by atoms with E-state index in [2.05, 4.69) is 5.32 Å². The molecule has 0 radical (unpaired) electrons. The molecule has 0 unspecified atom stereocenters. The molecule has 0 bridgehead atoms. The fourth-order valence-electron chi connectivity index (χ4n) is 3.20. The van der Waals surface area contributed by atoms with Crippen LogP contribution < -0.4 is 5.32 Å². The van der Waals surface area contributed by atoms with Gasteiger partial charge in [0, 0.05) is 32.0 Å². The van der Waals surface area contributed by atoms with Gasteiger partial charge in [0.25, 0.3) is 0 Å². The second kappa shape index (κ2) is 7.13. The smallest absolute Gasteiger partial charge is 0.242 e. The molecule has 1 N–H and O–H groups in total. The van der Waals surface area contributed by atoms with Gasteiger partial charge in [-0.3, -0.25) is 9.59 Å². The molecule has 2 amide bonds. The van der Waals surface area contributed by atoms with Crippen molar-refractivity contribution in [3.05, 3.63) is 35.4 Å². The first kappa shape index (κ1) is 16.0. The van der Waals surface area contributed by atoms with Gasteiger partial charge in [0.1, 0.15) is 6.04 Å². The molecule has 2 saturated heterocycles. The van der Waals surface area contributed by atoms with Crippen molar-refractivity contribution < 1.29 is 14.3 Å². The van der Waals surface area contributed by atoms with Crippen LogP contribution in [-0.2, 0) is 20.9 Å². The zero-order chi connectivity index (χ0) is 16.2. The molecule has 0 aromatic heterocycles. The number of benzene rings is 1. The van der Waals surface area contributed by atoms with Crippen LogP contribution in [-0.4, -0.2) is 42.5 Å². The van der Waals surface area contributed by atoms with Crippen molar-refractivity contribution in [1.29, 1.82) is 0 Å². The summed E-state index contributed by atoms with van der Waals surface area (Å²) in [6.45, 7) is 4.68. The summed E-state index contributed by atoms with van der Waals surface area (Å²) < 4.78 is 5.33. The molecular formula is C18H24N2O3. The second-order valence-corrected chi connectivity index (χ2v) is 6.54. The van der Waals surface area contributed by atoms with Gasteiger partial charge in [-0.25, -0.2) is 0 Å². The third kappa shape index (κ3) is 3.91. The van der Waals surface area contributed by atoms with E-state index in [0.717, 1.165) is 25.2 Å². The van der Waals surface area contributed by atoms with Gasteiger partial charge in [-0.15, -0.1) is 0 Å². The number of likely N-dealkylation sites (tertiary alicyclic amines) is 1. The van der Waals surface area contributed by atoms with Crippen LogP contribution in [0.4, 0.5) is 0 Å². The largest absolute Gasteiger partial charge is 0.381 e.